The van der Waals surface area contributed by atoms with Gasteiger partial charge in [-0.3, -0.25) is 4.79 Å². The number of nitrogens with one attached hydrogen (secondary N) is 1. The fourth-order valence-corrected chi connectivity index (χ4v) is 2.82. The predicted molar refractivity (Wildman–Crippen MR) is 77.3 cm³/mol. The van der Waals surface area contributed by atoms with Gasteiger partial charge in [-0.25, -0.2) is 4.98 Å². The molecule has 0 unspecified atom stereocenters. The maximum atomic E-state index is 11.4. The van der Waals surface area contributed by atoms with E-state index in [0.29, 0.717) is 12.3 Å². The van der Waals surface area contributed by atoms with E-state index in [1.807, 2.05) is 24.3 Å². The minimum atomic E-state index is -0.368. The topological polar surface area (TPSA) is 42.0 Å². The molecular formula is C13H15ClN2OS. The molecule has 0 bridgehead atoms. The zero-order valence-electron chi connectivity index (χ0n) is 10.3. The molecule has 0 spiro atoms. The van der Waals surface area contributed by atoms with Crippen LogP contribution in [0.15, 0.2) is 24.3 Å². The summed E-state index contributed by atoms with van der Waals surface area (Å²) in [5, 5.41) is 3.51. The molecule has 1 aromatic heterocycles. The van der Waals surface area contributed by atoms with Crippen LogP contribution in [0.1, 0.15) is 20.3 Å². The van der Waals surface area contributed by atoms with Gasteiger partial charge in [0.25, 0.3) is 0 Å². The number of anilines is 1. The summed E-state index contributed by atoms with van der Waals surface area (Å²) >= 11 is 7.15. The van der Waals surface area contributed by atoms with E-state index in [-0.39, 0.29) is 11.3 Å². The first kappa shape index (κ1) is 13.3. The Morgan fingerprint density at radius 1 is 1.44 bits per heavy atom. The lowest BCUT2D eigenvalue weighted by Crippen LogP contribution is -2.27. The number of rotatable bonds is 5. The molecule has 2 rings (SSSR count). The molecule has 0 saturated heterocycles. The van der Waals surface area contributed by atoms with E-state index >= 15 is 0 Å². The number of benzene rings is 1. The standard InChI is InChI=1S/C13H15ClN2OS/c1-8(2)7-10(12(14)17)16-13-15-9-5-3-4-6-11(9)18-13/h3-6,8,10H,7H2,1-2H3,(H,15,16)/t10-/m0/s1. The third-order valence-corrected chi connectivity index (χ3v) is 3.80. The third kappa shape index (κ3) is 3.21. The van der Waals surface area contributed by atoms with Gasteiger partial charge in [-0.05, 0) is 36.1 Å². The lowest BCUT2D eigenvalue weighted by atomic mass is 10.1. The van der Waals surface area contributed by atoms with Crippen LogP contribution >= 0.6 is 22.9 Å². The minimum Gasteiger partial charge on any atom is -0.350 e. The van der Waals surface area contributed by atoms with Crippen molar-refractivity contribution in [2.24, 2.45) is 5.92 Å². The molecule has 0 aliphatic rings. The lowest BCUT2D eigenvalue weighted by molar-refractivity contribution is -0.112. The van der Waals surface area contributed by atoms with Crippen LogP contribution in [0.4, 0.5) is 5.13 Å². The van der Waals surface area contributed by atoms with E-state index in [4.69, 9.17) is 11.6 Å². The van der Waals surface area contributed by atoms with Crippen molar-refractivity contribution in [2.75, 3.05) is 5.32 Å². The molecule has 0 saturated carbocycles. The number of hydrogen-bond acceptors (Lipinski definition) is 4. The molecule has 0 aliphatic heterocycles. The highest BCUT2D eigenvalue weighted by Crippen LogP contribution is 2.26. The van der Waals surface area contributed by atoms with Gasteiger partial charge >= 0.3 is 0 Å². The van der Waals surface area contributed by atoms with Crippen LogP contribution in [-0.4, -0.2) is 16.3 Å². The Hall–Kier alpha value is -1.13. The quantitative estimate of drug-likeness (QED) is 0.846. The Labute approximate surface area is 115 Å². The van der Waals surface area contributed by atoms with Gasteiger partial charge < -0.3 is 5.32 Å². The average Bonchev–Trinajstić information content (AvgIpc) is 2.69. The Morgan fingerprint density at radius 3 is 2.78 bits per heavy atom. The second-order valence-corrected chi connectivity index (χ2v) is 6.02. The number of hydrogen-bond donors (Lipinski definition) is 1. The largest absolute Gasteiger partial charge is 0.350 e. The van der Waals surface area contributed by atoms with Gasteiger partial charge in [0.05, 0.1) is 10.2 Å². The Balaban J connectivity index is 2.17. The van der Waals surface area contributed by atoms with Gasteiger partial charge in [0, 0.05) is 0 Å². The number of halogens is 1. The van der Waals surface area contributed by atoms with Gasteiger partial charge in [-0.2, -0.15) is 0 Å². The first-order chi connectivity index (χ1) is 8.56. The maximum Gasteiger partial charge on any atom is 0.243 e. The van der Waals surface area contributed by atoms with Crippen LogP contribution in [0, 0.1) is 5.92 Å². The number of fused-ring (bicyclic) bond motifs is 1. The molecule has 96 valence electrons. The monoisotopic (exact) mass is 282 g/mol. The zero-order valence-corrected chi connectivity index (χ0v) is 11.9. The minimum absolute atomic E-state index is 0.358. The van der Waals surface area contributed by atoms with Crippen molar-refractivity contribution in [3.8, 4) is 0 Å². The van der Waals surface area contributed by atoms with Crippen molar-refractivity contribution in [3.05, 3.63) is 24.3 Å². The van der Waals surface area contributed by atoms with E-state index in [0.717, 1.165) is 15.3 Å². The maximum absolute atomic E-state index is 11.4. The SMILES string of the molecule is CC(C)C[C@H](Nc1nc2ccccc2s1)C(=O)Cl. The van der Waals surface area contributed by atoms with Crippen LogP contribution in [-0.2, 0) is 4.79 Å². The first-order valence-electron chi connectivity index (χ1n) is 5.87. The average molecular weight is 283 g/mol. The highest BCUT2D eigenvalue weighted by atomic mass is 35.5. The second kappa shape index (κ2) is 5.67. The summed E-state index contributed by atoms with van der Waals surface area (Å²) in [4.78, 5) is 15.8. The molecule has 1 atom stereocenters. The van der Waals surface area contributed by atoms with Crippen molar-refractivity contribution in [2.45, 2.75) is 26.3 Å². The van der Waals surface area contributed by atoms with E-state index < -0.39 is 0 Å². The van der Waals surface area contributed by atoms with Gasteiger partial charge in [0.1, 0.15) is 6.04 Å². The summed E-state index contributed by atoms with van der Waals surface area (Å²) < 4.78 is 1.10. The van der Waals surface area contributed by atoms with Crippen LogP contribution in [0.2, 0.25) is 0 Å². The molecule has 0 amide bonds. The summed E-state index contributed by atoms with van der Waals surface area (Å²) in [5.41, 5.74) is 0.940. The number of thiazole rings is 1. The van der Waals surface area contributed by atoms with Crippen LogP contribution < -0.4 is 5.32 Å². The fraction of sp³-hybridized carbons (Fsp3) is 0.385. The lowest BCUT2D eigenvalue weighted by Gasteiger charge is -2.15. The van der Waals surface area contributed by atoms with Crippen molar-refractivity contribution in [1.82, 2.24) is 4.98 Å². The smallest absolute Gasteiger partial charge is 0.243 e. The molecule has 0 radical (unpaired) electrons. The van der Waals surface area contributed by atoms with Crippen molar-refractivity contribution in [3.63, 3.8) is 0 Å². The van der Waals surface area contributed by atoms with Gasteiger partial charge in [-0.1, -0.05) is 37.3 Å². The molecule has 0 fully saturated rings. The van der Waals surface area contributed by atoms with Crippen LogP contribution in [0.3, 0.4) is 0 Å². The molecule has 5 heteroatoms. The first-order valence-corrected chi connectivity index (χ1v) is 7.07. The summed E-state index contributed by atoms with van der Waals surface area (Å²) in [7, 11) is 0. The van der Waals surface area contributed by atoms with Gasteiger partial charge in [0.2, 0.25) is 5.24 Å². The van der Waals surface area contributed by atoms with Gasteiger partial charge in [-0.15, -0.1) is 0 Å². The highest BCUT2D eigenvalue weighted by molar-refractivity contribution is 7.22. The summed E-state index contributed by atoms with van der Waals surface area (Å²) in [5.74, 6) is 0.402. The molecule has 3 nitrogen and oxygen atoms in total. The normalized spacial score (nSPS) is 12.9. The van der Waals surface area contributed by atoms with Crippen LogP contribution in [0.5, 0.6) is 0 Å². The Kier molecular flexibility index (Phi) is 4.19. The highest BCUT2D eigenvalue weighted by Gasteiger charge is 2.19. The molecule has 1 N–H and O–H groups in total. The van der Waals surface area contributed by atoms with E-state index in [2.05, 4.69) is 24.1 Å². The number of aromatic nitrogens is 1. The van der Waals surface area contributed by atoms with E-state index in [1.165, 1.54) is 11.3 Å². The van der Waals surface area contributed by atoms with Crippen LogP contribution in [0.25, 0.3) is 10.2 Å². The third-order valence-electron chi connectivity index (χ3n) is 2.57. The molecule has 1 heterocycles. The number of carbonyl (C=O) groups excluding carboxylic acids is 1. The zero-order chi connectivity index (χ0) is 13.1. The fourth-order valence-electron chi connectivity index (χ4n) is 1.76. The van der Waals surface area contributed by atoms with E-state index in [1.54, 1.807) is 0 Å². The summed E-state index contributed by atoms with van der Waals surface area (Å²) in [6.45, 7) is 4.12. The van der Waals surface area contributed by atoms with Crippen molar-refractivity contribution < 1.29 is 4.79 Å². The molecular weight excluding hydrogens is 268 g/mol. The predicted octanol–water partition coefficient (Wildman–Crippen LogP) is 3.89. The Morgan fingerprint density at radius 2 is 2.17 bits per heavy atom. The summed E-state index contributed by atoms with van der Waals surface area (Å²) in [6, 6.07) is 7.52. The van der Waals surface area contributed by atoms with Crippen molar-refractivity contribution in [1.29, 1.82) is 0 Å². The summed E-state index contributed by atoms with van der Waals surface area (Å²) in [6.07, 6.45) is 0.707. The number of nitrogens with zero attached hydrogens (tertiary/aromatic N) is 1. The van der Waals surface area contributed by atoms with Gasteiger partial charge in [0.15, 0.2) is 5.13 Å². The molecule has 1 aromatic carbocycles. The number of para-hydroxylation sites is 1. The molecule has 18 heavy (non-hydrogen) atoms. The molecule has 0 aliphatic carbocycles. The van der Waals surface area contributed by atoms with E-state index in [9.17, 15) is 4.79 Å². The molecule has 2 aromatic rings. The Bertz CT molecular complexity index is 520. The van der Waals surface area contributed by atoms with Crippen molar-refractivity contribution >= 4 is 43.5 Å². The number of carbonyl (C=O) groups is 1. The second-order valence-electron chi connectivity index (χ2n) is 4.62.